The molecule has 1 atom stereocenters. The van der Waals surface area contributed by atoms with E-state index in [0.29, 0.717) is 0 Å². The number of urea groups is 1. The lowest BCUT2D eigenvalue weighted by molar-refractivity contribution is -0.141. The molecule has 9 heteroatoms. The van der Waals surface area contributed by atoms with E-state index >= 15 is 0 Å². The highest BCUT2D eigenvalue weighted by Gasteiger charge is 2.29. The van der Waals surface area contributed by atoms with Gasteiger partial charge in [-0.15, -0.1) is 0 Å². The van der Waals surface area contributed by atoms with Gasteiger partial charge in [-0.25, -0.2) is 4.79 Å². The summed E-state index contributed by atoms with van der Waals surface area (Å²) < 4.78 is 5.15. The molecule has 1 fully saturated rings. The molecular formula is C10H16N2O7. The highest BCUT2D eigenvalue weighted by atomic mass is 16.5. The molecule has 1 rings (SSSR count). The van der Waals surface area contributed by atoms with Crippen LogP contribution in [0.2, 0.25) is 0 Å². The number of carbonyl (C=O) groups excluding carboxylic acids is 1. The number of ether oxygens (including phenoxy) is 1. The van der Waals surface area contributed by atoms with Gasteiger partial charge < -0.3 is 29.9 Å². The minimum atomic E-state index is -1.29. The van der Waals surface area contributed by atoms with Crippen molar-refractivity contribution >= 4 is 18.0 Å². The van der Waals surface area contributed by atoms with E-state index in [1.54, 1.807) is 0 Å². The number of carbonyl (C=O) groups is 3. The minimum Gasteiger partial charge on any atom is -0.480 e. The van der Waals surface area contributed by atoms with Crippen LogP contribution in [0.25, 0.3) is 0 Å². The molecule has 1 saturated heterocycles. The first kappa shape index (κ1) is 15.2. The van der Waals surface area contributed by atoms with Gasteiger partial charge in [-0.1, -0.05) is 0 Å². The molecule has 19 heavy (non-hydrogen) atoms. The number of nitrogens with zero attached hydrogens (tertiary/aromatic N) is 2. The smallest absolute Gasteiger partial charge is 0.323 e. The molecule has 1 heterocycles. The van der Waals surface area contributed by atoms with E-state index < -0.39 is 37.2 Å². The van der Waals surface area contributed by atoms with Gasteiger partial charge in [-0.2, -0.15) is 0 Å². The zero-order chi connectivity index (χ0) is 14.4. The second-order valence-electron chi connectivity index (χ2n) is 4.05. The zero-order valence-electron chi connectivity index (χ0n) is 10.2. The number of hydrogen-bond acceptors (Lipinski definition) is 5. The topological polar surface area (TPSA) is 128 Å². The highest BCUT2D eigenvalue weighted by Crippen LogP contribution is 2.08. The number of aliphatic hydroxyl groups excluding tert-OH is 1. The lowest BCUT2D eigenvalue weighted by atomic mass is 10.3. The molecule has 0 radical (unpaired) electrons. The van der Waals surface area contributed by atoms with E-state index in [4.69, 9.17) is 20.1 Å². The Labute approximate surface area is 109 Å². The van der Waals surface area contributed by atoms with Gasteiger partial charge in [0.1, 0.15) is 13.1 Å². The molecule has 0 aromatic carbocycles. The van der Waals surface area contributed by atoms with Crippen LogP contribution in [0.1, 0.15) is 0 Å². The standard InChI is InChI=1S/C10H16N2O7/c13-6-7-3-11(1-2-19-7)10(18)12(4-8(14)15)5-9(16)17/h7,13H,1-6H2,(H,14,15)(H,16,17). The maximum atomic E-state index is 12.0. The summed E-state index contributed by atoms with van der Waals surface area (Å²) in [6.45, 7) is -1.10. The van der Waals surface area contributed by atoms with Crippen LogP contribution in [0, 0.1) is 0 Å². The van der Waals surface area contributed by atoms with Gasteiger partial charge in [0.15, 0.2) is 0 Å². The molecule has 0 bridgehead atoms. The molecule has 3 N–H and O–H groups in total. The third-order valence-electron chi connectivity index (χ3n) is 2.54. The summed E-state index contributed by atoms with van der Waals surface area (Å²) in [4.78, 5) is 35.3. The Morgan fingerprint density at radius 2 is 1.79 bits per heavy atom. The van der Waals surface area contributed by atoms with Crippen molar-refractivity contribution < 1.29 is 34.4 Å². The van der Waals surface area contributed by atoms with Crippen molar-refractivity contribution in [1.29, 1.82) is 0 Å². The summed E-state index contributed by atoms with van der Waals surface area (Å²) in [6, 6.07) is -0.688. The van der Waals surface area contributed by atoms with Gasteiger partial charge >= 0.3 is 18.0 Å². The number of morpholine rings is 1. The summed E-state index contributed by atoms with van der Waals surface area (Å²) in [5, 5.41) is 26.3. The van der Waals surface area contributed by atoms with E-state index in [0.717, 1.165) is 4.90 Å². The van der Waals surface area contributed by atoms with Crippen molar-refractivity contribution in [1.82, 2.24) is 9.80 Å². The molecular weight excluding hydrogens is 260 g/mol. The van der Waals surface area contributed by atoms with Crippen molar-refractivity contribution in [3.05, 3.63) is 0 Å². The molecule has 2 amide bonds. The predicted molar refractivity (Wildman–Crippen MR) is 60.6 cm³/mol. The molecule has 9 nitrogen and oxygen atoms in total. The molecule has 0 saturated carbocycles. The van der Waals surface area contributed by atoms with E-state index in [1.807, 2.05) is 0 Å². The quantitative estimate of drug-likeness (QED) is 0.544. The fourth-order valence-electron chi connectivity index (χ4n) is 1.72. The second kappa shape index (κ2) is 6.90. The fraction of sp³-hybridized carbons (Fsp3) is 0.700. The van der Waals surface area contributed by atoms with Gasteiger partial charge in [0.2, 0.25) is 0 Å². The van der Waals surface area contributed by atoms with Gasteiger partial charge in [-0.05, 0) is 0 Å². The van der Waals surface area contributed by atoms with Gasteiger partial charge in [-0.3, -0.25) is 9.59 Å². The summed E-state index contributed by atoms with van der Waals surface area (Å²) in [5.74, 6) is -2.58. The van der Waals surface area contributed by atoms with Crippen LogP contribution in [0.15, 0.2) is 0 Å². The van der Waals surface area contributed by atoms with E-state index in [9.17, 15) is 14.4 Å². The Morgan fingerprint density at radius 1 is 1.21 bits per heavy atom. The van der Waals surface area contributed by atoms with Crippen molar-refractivity contribution in [2.75, 3.05) is 39.4 Å². The lowest BCUT2D eigenvalue weighted by Crippen LogP contribution is -2.53. The van der Waals surface area contributed by atoms with Crippen LogP contribution < -0.4 is 0 Å². The van der Waals surface area contributed by atoms with Crippen LogP contribution in [0.3, 0.4) is 0 Å². The molecule has 1 unspecified atom stereocenters. The largest absolute Gasteiger partial charge is 0.480 e. The number of aliphatic hydroxyl groups is 1. The van der Waals surface area contributed by atoms with E-state index in [1.165, 1.54) is 4.90 Å². The molecule has 1 aliphatic rings. The second-order valence-corrected chi connectivity index (χ2v) is 4.05. The predicted octanol–water partition coefficient (Wildman–Crippen LogP) is -1.73. The fourth-order valence-corrected chi connectivity index (χ4v) is 1.72. The molecule has 0 spiro atoms. The zero-order valence-corrected chi connectivity index (χ0v) is 10.2. The minimum absolute atomic E-state index is 0.102. The first-order valence-corrected chi connectivity index (χ1v) is 5.64. The Balaban J connectivity index is 2.68. The SMILES string of the molecule is O=C(O)CN(CC(=O)O)C(=O)N1CCOC(CO)C1. The first-order chi connectivity index (χ1) is 8.93. The van der Waals surface area contributed by atoms with Crippen LogP contribution in [-0.4, -0.2) is 88.6 Å². The van der Waals surface area contributed by atoms with E-state index in [2.05, 4.69) is 0 Å². The normalized spacial score (nSPS) is 19.0. The monoisotopic (exact) mass is 276 g/mol. The number of hydrogen-bond donors (Lipinski definition) is 3. The first-order valence-electron chi connectivity index (χ1n) is 5.64. The number of carboxylic acids is 2. The van der Waals surface area contributed by atoms with Crippen molar-refractivity contribution in [2.45, 2.75) is 6.10 Å². The van der Waals surface area contributed by atoms with Crippen molar-refractivity contribution in [3.8, 4) is 0 Å². The van der Waals surface area contributed by atoms with Crippen LogP contribution in [-0.2, 0) is 14.3 Å². The molecule has 0 aromatic rings. The van der Waals surface area contributed by atoms with Crippen molar-refractivity contribution in [3.63, 3.8) is 0 Å². The third-order valence-corrected chi connectivity index (χ3v) is 2.54. The number of amides is 2. The Hall–Kier alpha value is -1.87. The van der Waals surface area contributed by atoms with Crippen LogP contribution in [0.4, 0.5) is 4.79 Å². The Morgan fingerprint density at radius 3 is 2.26 bits per heavy atom. The summed E-state index contributed by atoms with van der Waals surface area (Å²) in [7, 11) is 0. The maximum Gasteiger partial charge on any atom is 0.323 e. The van der Waals surface area contributed by atoms with Crippen molar-refractivity contribution in [2.24, 2.45) is 0 Å². The molecule has 0 aliphatic carbocycles. The van der Waals surface area contributed by atoms with E-state index in [-0.39, 0.29) is 26.3 Å². The summed E-state index contributed by atoms with van der Waals surface area (Å²) >= 11 is 0. The Bertz CT molecular complexity index is 344. The average molecular weight is 276 g/mol. The molecule has 108 valence electrons. The average Bonchev–Trinajstić information content (AvgIpc) is 2.36. The summed E-state index contributed by atoms with van der Waals surface area (Å²) in [6.07, 6.45) is -0.533. The number of aliphatic carboxylic acids is 2. The maximum absolute atomic E-state index is 12.0. The Kier molecular flexibility index (Phi) is 5.52. The highest BCUT2D eigenvalue weighted by molar-refractivity contribution is 5.84. The molecule has 1 aliphatic heterocycles. The van der Waals surface area contributed by atoms with Crippen LogP contribution >= 0.6 is 0 Å². The summed E-state index contributed by atoms with van der Waals surface area (Å²) in [5.41, 5.74) is 0. The van der Waals surface area contributed by atoms with Gasteiger partial charge in [0.05, 0.1) is 25.9 Å². The third kappa shape index (κ3) is 4.72. The number of carboxylic acid groups (broad SMARTS) is 2. The lowest BCUT2D eigenvalue weighted by Gasteiger charge is -2.35. The number of rotatable bonds is 5. The van der Waals surface area contributed by atoms with Gasteiger partial charge in [0, 0.05) is 6.54 Å². The van der Waals surface area contributed by atoms with Crippen LogP contribution in [0.5, 0.6) is 0 Å². The van der Waals surface area contributed by atoms with Gasteiger partial charge in [0.25, 0.3) is 0 Å². The molecule has 0 aromatic heterocycles.